The molecule has 116 valence electrons. The fourth-order valence-corrected chi connectivity index (χ4v) is 1.87. The molecule has 0 atom stereocenters. The maximum Gasteiger partial charge on any atom is 0.417 e. The molecule has 2 aromatic rings. The minimum atomic E-state index is -4.52. The van der Waals surface area contributed by atoms with Gasteiger partial charge in [0.1, 0.15) is 5.82 Å². The molecule has 0 saturated heterocycles. The van der Waals surface area contributed by atoms with Crippen LogP contribution in [-0.4, -0.2) is 16.5 Å². The number of nitrogens with zero attached hydrogens (tertiary/aromatic N) is 2. The second-order valence-electron chi connectivity index (χ2n) is 4.25. The number of aromatic nitrogens is 2. The van der Waals surface area contributed by atoms with Crippen LogP contribution in [0.5, 0.6) is 0 Å². The van der Waals surface area contributed by atoms with E-state index in [-0.39, 0.29) is 16.7 Å². The van der Waals surface area contributed by atoms with E-state index >= 15 is 0 Å². The predicted octanol–water partition coefficient (Wildman–Crippen LogP) is 4.49. The number of nitrogens with one attached hydrogen (secondary N) is 2. The van der Waals surface area contributed by atoms with Crippen LogP contribution in [0.3, 0.4) is 0 Å². The Morgan fingerprint density at radius 1 is 1.27 bits per heavy atom. The third-order valence-electron chi connectivity index (χ3n) is 2.61. The summed E-state index contributed by atoms with van der Waals surface area (Å²) in [6.45, 7) is 4.08. The Bertz CT molecular complexity index is 673. The summed E-state index contributed by atoms with van der Waals surface area (Å²) in [6, 6.07) is 5.14. The van der Waals surface area contributed by atoms with E-state index in [0.29, 0.717) is 12.4 Å². The standard InChI is InChI=1S/C14H12ClF3N4/c1-2-6-19-12-5-7-20-13(22-12)21-9-3-4-11(15)10(8-9)14(16,17)18/h2-5,7-8H,1,6H2,(H2,19,20,21,22). The third kappa shape index (κ3) is 4.11. The highest BCUT2D eigenvalue weighted by Gasteiger charge is 2.33. The highest BCUT2D eigenvalue weighted by molar-refractivity contribution is 6.31. The van der Waals surface area contributed by atoms with Crippen LogP contribution in [0, 0.1) is 0 Å². The Hall–Kier alpha value is -2.28. The third-order valence-corrected chi connectivity index (χ3v) is 2.94. The van der Waals surface area contributed by atoms with Crippen molar-refractivity contribution in [1.82, 2.24) is 9.97 Å². The van der Waals surface area contributed by atoms with Crippen molar-refractivity contribution < 1.29 is 13.2 Å². The quantitative estimate of drug-likeness (QED) is 0.794. The molecule has 4 nitrogen and oxygen atoms in total. The fourth-order valence-electron chi connectivity index (χ4n) is 1.64. The lowest BCUT2D eigenvalue weighted by atomic mass is 10.2. The van der Waals surface area contributed by atoms with E-state index in [1.807, 2.05) is 0 Å². The van der Waals surface area contributed by atoms with Crippen LogP contribution in [0.1, 0.15) is 5.56 Å². The highest BCUT2D eigenvalue weighted by atomic mass is 35.5. The summed E-state index contributed by atoms with van der Waals surface area (Å²) in [5.41, 5.74) is -0.724. The van der Waals surface area contributed by atoms with Gasteiger partial charge in [0.05, 0.1) is 10.6 Å². The lowest BCUT2D eigenvalue weighted by Crippen LogP contribution is -2.07. The van der Waals surface area contributed by atoms with Gasteiger partial charge in [-0.1, -0.05) is 17.7 Å². The first kappa shape index (κ1) is 16.1. The van der Waals surface area contributed by atoms with Gasteiger partial charge in [-0.05, 0) is 24.3 Å². The molecule has 1 aromatic heterocycles. The molecule has 2 rings (SSSR count). The molecule has 0 radical (unpaired) electrons. The second-order valence-corrected chi connectivity index (χ2v) is 4.66. The topological polar surface area (TPSA) is 49.8 Å². The molecule has 0 aliphatic carbocycles. The first-order chi connectivity index (χ1) is 10.4. The minimum Gasteiger partial charge on any atom is -0.366 e. The van der Waals surface area contributed by atoms with Crippen LogP contribution in [-0.2, 0) is 6.18 Å². The summed E-state index contributed by atoms with van der Waals surface area (Å²) >= 11 is 5.57. The molecule has 8 heteroatoms. The number of halogens is 4. The molecule has 2 N–H and O–H groups in total. The molecule has 0 saturated carbocycles. The van der Waals surface area contributed by atoms with Gasteiger partial charge in [0, 0.05) is 18.4 Å². The van der Waals surface area contributed by atoms with Crippen molar-refractivity contribution in [3.05, 3.63) is 53.7 Å². The van der Waals surface area contributed by atoms with Gasteiger partial charge >= 0.3 is 6.18 Å². The van der Waals surface area contributed by atoms with Gasteiger partial charge in [-0.25, -0.2) is 4.98 Å². The number of rotatable bonds is 5. The SMILES string of the molecule is C=CCNc1ccnc(Nc2ccc(Cl)c(C(F)(F)F)c2)n1. The molecule has 22 heavy (non-hydrogen) atoms. The van der Waals surface area contributed by atoms with E-state index in [9.17, 15) is 13.2 Å². The predicted molar refractivity (Wildman–Crippen MR) is 80.5 cm³/mol. The van der Waals surface area contributed by atoms with Gasteiger partial charge in [-0.2, -0.15) is 18.2 Å². The van der Waals surface area contributed by atoms with Gasteiger partial charge in [-0.15, -0.1) is 6.58 Å². The Morgan fingerprint density at radius 2 is 2.05 bits per heavy atom. The molecular formula is C14H12ClF3N4. The maximum atomic E-state index is 12.8. The van der Waals surface area contributed by atoms with E-state index in [1.54, 1.807) is 12.1 Å². The molecule has 0 aliphatic rings. The minimum absolute atomic E-state index is 0.171. The number of hydrogen-bond acceptors (Lipinski definition) is 4. The fraction of sp³-hybridized carbons (Fsp3) is 0.143. The zero-order valence-corrected chi connectivity index (χ0v) is 12.0. The summed E-state index contributed by atoms with van der Waals surface area (Å²) in [5, 5.41) is 5.31. The van der Waals surface area contributed by atoms with E-state index in [2.05, 4.69) is 27.2 Å². The number of alkyl halides is 3. The van der Waals surface area contributed by atoms with Crippen LogP contribution in [0.2, 0.25) is 5.02 Å². The lowest BCUT2D eigenvalue weighted by Gasteiger charge is -2.12. The average Bonchev–Trinajstić information content (AvgIpc) is 2.46. The summed E-state index contributed by atoms with van der Waals surface area (Å²) in [7, 11) is 0. The van der Waals surface area contributed by atoms with Gasteiger partial charge in [0.2, 0.25) is 5.95 Å². The van der Waals surface area contributed by atoms with Crippen molar-refractivity contribution in [2.75, 3.05) is 17.2 Å². The van der Waals surface area contributed by atoms with Crippen molar-refractivity contribution in [2.24, 2.45) is 0 Å². The smallest absolute Gasteiger partial charge is 0.366 e. The van der Waals surface area contributed by atoms with Crippen molar-refractivity contribution in [1.29, 1.82) is 0 Å². The zero-order valence-electron chi connectivity index (χ0n) is 11.3. The van der Waals surface area contributed by atoms with E-state index < -0.39 is 11.7 Å². The first-order valence-electron chi connectivity index (χ1n) is 6.22. The zero-order chi connectivity index (χ0) is 16.2. The largest absolute Gasteiger partial charge is 0.417 e. The lowest BCUT2D eigenvalue weighted by molar-refractivity contribution is -0.137. The van der Waals surface area contributed by atoms with Crippen molar-refractivity contribution in [3.63, 3.8) is 0 Å². The molecule has 1 heterocycles. The number of benzene rings is 1. The molecule has 0 bridgehead atoms. The van der Waals surface area contributed by atoms with E-state index in [0.717, 1.165) is 6.07 Å². The Balaban J connectivity index is 2.22. The first-order valence-corrected chi connectivity index (χ1v) is 6.59. The van der Waals surface area contributed by atoms with Crippen LogP contribution in [0.4, 0.5) is 30.6 Å². The monoisotopic (exact) mass is 328 g/mol. The molecule has 0 unspecified atom stereocenters. The van der Waals surface area contributed by atoms with Gasteiger partial charge in [0.25, 0.3) is 0 Å². The van der Waals surface area contributed by atoms with Crippen LogP contribution < -0.4 is 10.6 Å². The Kier molecular flexibility index (Phi) is 4.87. The summed E-state index contributed by atoms with van der Waals surface area (Å²) in [5.74, 6) is 0.701. The summed E-state index contributed by atoms with van der Waals surface area (Å²) in [4.78, 5) is 8.08. The van der Waals surface area contributed by atoms with Gasteiger partial charge in [0.15, 0.2) is 0 Å². The molecular weight excluding hydrogens is 317 g/mol. The van der Waals surface area contributed by atoms with Gasteiger partial charge < -0.3 is 10.6 Å². The molecule has 1 aromatic carbocycles. The Labute approximate surface area is 130 Å². The van der Waals surface area contributed by atoms with E-state index in [1.165, 1.54) is 18.3 Å². The highest BCUT2D eigenvalue weighted by Crippen LogP contribution is 2.36. The van der Waals surface area contributed by atoms with Crippen LogP contribution >= 0.6 is 11.6 Å². The van der Waals surface area contributed by atoms with Gasteiger partial charge in [-0.3, -0.25) is 0 Å². The molecule has 0 amide bonds. The van der Waals surface area contributed by atoms with Crippen molar-refractivity contribution >= 4 is 29.1 Å². The molecule has 0 fully saturated rings. The van der Waals surface area contributed by atoms with Crippen molar-refractivity contribution in [3.8, 4) is 0 Å². The van der Waals surface area contributed by atoms with Crippen LogP contribution in [0.25, 0.3) is 0 Å². The average molecular weight is 329 g/mol. The van der Waals surface area contributed by atoms with E-state index in [4.69, 9.17) is 11.6 Å². The number of hydrogen-bond donors (Lipinski definition) is 2. The maximum absolute atomic E-state index is 12.8. The molecule has 0 aliphatic heterocycles. The van der Waals surface area contributed by atoms with Crippen molar-refractivity contribution in [2.45, 2.75) is 6.18 Å². The normalized spacial score (nSPS) is 11.1. The summed E-state index contributed by atoms with van der Waals surface area (Å²) in [6.07, 6.45) is -1.38. The molecule has 0 spiro atoms. The van der Waals surface area contributed by atoms with Crippen LogP contribution in [0.15, 0.2) is 43.1 Å². The summed E-state index contributed by atoms with van der Waals surface area (Å²) < 4.78 is 38.4. The second kappa shape index (κ2) is 6.65. The Morgan fingerprint density at radius 3 is 2.73 bits per heavy atom. The number of anilines is 3.